The van der Waals surface area contributed by atoms with Crippen molar-refractivity contribution in [2.24, 2.45) is 0 Å². The Bertz CT molecular complexity index is 424. The lowest BCUT2D eigenvalue weighted by atomic mass is 10.1. The highest BCUT2D eigenvalue weighted by atomic mass is 32.1. The van der Waals surface area contributed by atoms with E-state index in [0.29, 0.717) is 5.92 Å². The second kappa shape index (κ2) is 8.11. The van der Waals surface area contributed by atoms with Gasteiger partial charge in [-0.15, -0.1) is 11.3 Å². The number of aromatic nitrogens is 1. The molecule has 0 atom stereocenters. The van der Waals surface area contributed by atoms with E-state index in [9.17, 15) is 0 Å². The fourth-order valence-electron chi connectivity index (χ4n) is 2.72. The van der Waals surface area contributed by atoms with Crippen LogP contribution in [0.4, 0.5) is 5.13 Å². The van der Waals surface area contributed by atoms with Crippen molar-refractivity contribution < 1.29 is 0 Å². The molecular formula is C16H30N4S. The standard InChI is InChI=1S/C16H30N4S/c1-5-17-12-14-15(13(2)3)18-16(21-14)19(4)10-11-20-8-6-7-9-20/h13,17H,5-12H2,1-4H3. The van der Waals surface area contributed by atoms with E-state index < -0.39 is 0 Å². The lowest BCUT2D eigenvalue weighted by Crippen LogP contribution is -2.31. The smallest absolute Gasteiger partial charge is 0.185 e. The molecule has 1 fully saturated rings. The Hall–Kier alpha value is -0.650. The van der Waals surface area contributed by atoms with E-state index in [1.54, 1.807) is 0 Å². The minimum atomic E-state index is 0.496. The third-order valence-corrected chi connectivity index (χ3v) is 5.26. The Morgan fingerprint density at radius 1 is 1.33 bits per heavy atom. The summed E-state index contributed by atoms with van der Waals surface area (Å²) >= 11 is 1.85. The van der Waals surface area contributed by atoms with Gasteiger partial charge in [-0.3, -0.25) is 0 Å². The fourth-order valence-corrected chi connectivity index (χ4v) is 3.90. The average Bonchev–Trinajstić information content (AvgIpc) is 3.11. The van der Waals surface area contributed by atoms with E-state index >= 15 is 0 Å². The predicted molar refractivity (Wildman–Crippen MR) is 92.5 cm³/mol. The third-order valence-electron chi connectivity index (χ3n) is 4.08. The largest absolute Gasteiger partial charge is 0.350 e. The van der Waals surface area contributed by atoms with Crippen LogP contribution in [0.2, 0.25) is 0 Å². The van der Waals surface area contributed by atoms with Crippen molar-refractivity contribution in [3.05, 3.63) is 10.6 Å². The molecule has 0 radical (unpaired) electrons. The van der Waals surface area contributed by atoms with Crippen molar-refractivity contribution in [3.63, 3.8) is 0 Å². The maximum Gasteiger partial charge on any atom is 0.185 e. The summed E-state index contributed by atoms with van der Waals surface area (Å²) in [6, 6.07) is 0. The normalized spacial score (nSPS) is 16.0. The first-order chi connectivity index (χ1) is 10.1. The van der Waals surface area contributed by atoms with Crippen LogP contribution >= 0.6 is 11.3 Å². The Morgan fingerprint density at radius 2 is 2.05 bits per heavy atom. The van der Waals surface area contributed by atoms with Gasteiger partial charge in [0.2, 0.25) is 0 Å². The van der Waals surface area contributed by atoms with E-state index in [1.165, 1.54) is 41.6 Å². The van der Waals surface area contributed by atoms with Crippen molar-refractivity contribution >= 4 is 16.5 Å². The number of nitrogens with zero attached hydrogens (tertiary/aromatic N) is 3. The molecular weight excluding hydrogens is 280 g/mol. The summed E-state index contributed by atoms with van der Waals surface area (Å²) < 4.78 is 0. The second-order valence-corrected chi connectivity index (χ2v) is 7.27. The zero-order valence-electron chi connectivity index (χ0n) is 14.0. The molecule has 120 valence electrons. The molecule has 1 aromatic rings. The van der Waals surface area contributed by atoms with Gasteiger partial charge in [-0.2, -0.15) is 0 Å². The zero-order chi connectivity index (χ0) is 15.2. The van der Waals surface area contributed by atoms with Crippen LogP contribution in [-0.2, 0) is 6.54 Å². The van der Waals surface area contributed by atoms with E-state index in [4.69, 9.17) is 4.98 Å². The van der Waals surface area contributed by atoms with Crippen LogP contribution in [0, 0.1) is 0 Å². The topological polar surface area (TPSA) is 31.4 Å². The maximum atomic E-state index is 4.89. The molecule has 0 aromatic carbocycles. The molecule has 0 bridgehead atoms. The summed E-state index contributed by atoms with van der Waals surface area (Å²) in [5.41, 5.74) is 1.27. The van der Waals surface area contributed by atoms with E-state index in [2.05, 4.69) is 42.9 Å². The number of likely N-dealkylation sites (tertiary alicyclic amines) is 1. The third kappa shape index (κ3) is 4.66. The van der Waals surface area contributed by atoms with Gasteiger partial charge >= 0.3 is 0 Å². The first-order valence-corrected chi connectivity index (χ1v) is 9.07. The predicted octanol–water partition coefficient (Wildman–Crippen LogP) is 2.91. The van der Waals surface area contributed by atoms with Crippen LogP contribution in [0.3, 0.4) is 0 Å². The number of hydrogen-bond acceptors (Lipinski definition) is 5. The summed E-state index contributed by atoms with van der Waals surface area (Å²) in [5, 5.41) is 4.60. The van der Waals surface area contributed by atoms with E-state index in [1.807, 2.05) is 11.3 Å². The Balaban J connectivity index is 1.96. The van der Waals surface area contributed by atoms with E-state index in [0.717, 1.165) is 26.2 Å². The molecule has 1 aromatic heterocycles. The molecule has 0 saturated carbocycles. The molecule has 1 aliphatic rings. The number of likely N-dealkylation sites (N-methyl/N-ethyl adjacent to an activating group) is 1. The molecule has 4 nitrogen and oxygen atoms in total. The molecule has 1 saturated heterocycles. The monoisotopic (exact) mass is 310 g/mol. The Morgan fingerprint density at radius 3 is 2.67 bits per heavy atom. The lowest BCUT2D eigenvalue weighted by molar-refractivity contribution is 0.346. The highest BCUT2D eigenvalue weighted by Crippen LogP contribution is 2.30. The van der Waals surface area contributed by atoms with Gasteiger partial charge in [-0.05, 0) is 38.4 Å². The van der Waals surface area contributed by atoms with Gasteiger partial charge in [0.15, 0.2) is 5.13 Å². The van der Waals surface area contributed by atoms with Gasteiger partial charge in [0.1, 0.15) is 0 Å². The van der Waals surface area contributed by atoms with Gasteiger partial charge in [0.05, 0.1) is 5.69 Å². The van der Waals surface area contributed by atoms with Crippen LogP contribution < -0.4 is 10.2 Å². The second-order valence-electron chi connectivity index (χ2n) is 6.21. The lowest BCUT2D eigenvalue weighted by Gasteiger charge is -2.20. The quantitative estimate of drug-likeness (QED) is 0.800. The van der Waals surface area contributed by atoms with Gasteiger partial charge in [-0.25, -0.2) is 4.98 Å². The average molecular weight is 311 g/mol. The molecule has 2 rings (SSSR count). The van der Waals surface area contributed by atoms with Crippen molar-refractivity contribution in [2.75, 3.05) is 44.7 Å². The molecule has 0 spiro atoms. The number of rotatable bonds is 8. The Labute approximate surface area is 133 Å². The molecule has 0 aliphatic carbocycles. The molecule has 2 heterocycles. The molecule has 1 aliphatic heterocycles. The van der Waals surface area contributed by atoms with Crippen LogP contribution in [0.1, 0.15) is 50.1 Å². The van der Waals surface area contributed by atoms with Crippen LogP contribution in [-0.4, -0.2) is 49.7 Å². The fraction of sp³-hybridized carbons (Fsp3) is 0.812. The molecule has 5 heteroatoms. The highest BCUT2D eigenvalue weighted by molar-refractivity contribution is 7.15. The highest BCUT2D eigenvalue weighted by Gasteiger charge is 2.17. The summed E-state index contributed by atoms with van der Waals surface area (Å²) in [7, 11) is 2.18. The minimum Gasteiger partial charge on any atom is -0.350 e. The number of hydrogen-bond donors (Lipinski definition) is 1. The number of thiazole rings is 1. The van der Waals surface area contributed by atoms with Crippen molar-refractivity contribution in [3.8, 4) is 0 Å². The molecule has 0 unspecified atom stereocenters. The molecule has 0 amide bonds. The first-order valence-electron chi connectivity index (χ1n) is 8.25. The van der Waals surface area contributed by atoms with Crippen molar-refractivity contribution in [1.29, 1.82) is 0 Å². The molecule has 21 heavy (non-hydrogen) atoms. The summed E-state index contributed by atoms with van der Waals surface area (Å²) in [5.74, 6) is 0.496. The van der Waals surface area contributed by atoms with Crippen LogP contribution in [0.5, 0.6) is 0 Å². The SMILES string of the molecule is CCNCc1sc(N(C)CCN2CCCC2)nc1C(C)C. The van der Waals surface area contributed by atoms with Crippen molar-refractivity contribution in [1.82, 2.24) is 15.2 Å². The Kier molecular flexibility index (Phi) is 6.45. The summed E-state index contributed by atoms with van der Waals surface area (Å²) in [6.45, 7) is 13.4. The summed E-state index contributed by atoms with van der Waals surface area (Å²) in [6.07, 6.45) is 2.73. The van der Waals surface area contributed by atoms with Gasteiger partial charge in [-0.1, -0.05) is 20.8 Å². The van der Waals surface area contributed by atoms with E-state index in [-0.39, 0.29) is 0 Å². The first kappa shape index (κ1) is 16.7. The maximum absolute atomic E-state index is 4.89. The van der Waals surface area contributed by atoms with Gasteiger partial charge in [0.25, 0.3) is 0 Å². The van der Waals surface area contributed by atoms with Gasteiger partial charge < -0.3 is 15.1 Å². The van der Waals surface area contributed by atoms with Gasteiger partial charge in [0, 0.05) is 31.6 Å². The van der Waals surface area contributed by atoms with Crippen LogP contribution in [0.15, 0.2) is 0 Å². The number of nitrogens with one attached hydrogen (secondary N) is 1. The molecule has 1 N–H and O–H groups in total. The number of anilines is 1. The minimum absolute atomic E-state index is 0.496. The van der Waals surface area contributed by atoms with Crippen molar-refractivity contribution in [2.45, 2.75) is 46.1 Å². The summed E-state index contributed by atoms with van der Waals surface area (Å²) in [4.78, 5) is 11.2. The van der Waals surface area contributed by atoms with Crippen LogP contribution in [0.25, 0.3) is 0 Å². The zero-order valence-corrected chi connectivity index (χ0v) is 14.8.